The summed E-state index contributed by atoms with van der Waals surface area (Å²) in [5.74, 6) is 0. The molecule has 19 heavy (non-hydrogen) atoms. The van der Waals surface area contributed by atoms with Gasteiger partial charge in [0.25, 0.3) is 0 Å². The smallest absolute Gasteiger partial charge is 0.315 e. The first-order valence-electron chi connectivity index (χ1n) is 6.20. The van der Waals surface area contributed by atoms with Crippen LogP contribution in [0.4, 0.5) is 13.2 Å². The van der Waals surface area contributed by atoms with Crippen LogP contribution in [0.5, 0.6) is 0 Å². The van der Waals surface area contributed by atoms with Crippen LogP contribution in [0.15, 0.2) is 29.2 Å². The zero-order valence-electron chi connectivity index (χ0n) is 10.7. The highest BCUT2D eigenvalue weighted by Gasteiger charge is 2.29. The minimum Gasteiger partial charge on any atom is -0.315 e. The lowest BCUT2D eigenvalue weighted by atomic mass is 10.1. The van der Waals surface area contributed by atoms with Gasteiger partial charge in [0.1, 0.15) is 0 Å². The molecule has 1 unspecified atom stereocenters. The number of nitrogens with zero attached hydrogens (tertiary/aromatic N) is 1. The predicted molar refractivity (Wildman–Crippen MR) is 71.1 cm³/mol. The number of halogens is 3. The molecule has 0 saturated carbocycles. The maximum atomic E-state index is 12.2. The molecule has 1 aliphatic rings. The molecule has 1 aromatic rings. The van der Waals surface area contributed by atoms with Crippen LogP contribution in [0.2, 0.25) is 0 Å². The van der Waals surface area contributed by atoms with Gasteiger partial charge < -0.3 is 5.32 Å². The van der Waals surface area contributed by atoms with E-state index in [1.165, 1.54) is 12.1 Å². The summed E-state index contributed by atoms with van der Waals surface area (Å²) < 4.78 is 36.6. The standard InChI is InChI=1S/C13H17F3N2S/c1-18(11-6-7-17-8-11)9-10-2-4-12(5-3-10)19-13(14,15)16/h2-5,11,17H,6-9H2,1H3. The number of nitrogens with one attached hydrogen (secondary N) is 1. The normalized spacial score (nSPS) is 20.2. The molecule has 0 radical (unpaired) electrons. The van der Waals surface area contributed by atoms with Gasteiger partial charge in [-0.05, 0) is 49.5 Å². The zero-order chi connectivity index (χ0) is 13.9. The molecule has 0 aromatic heterocycles. The van der Waals surface area contributed by atoms with E-state index >= 15 is 0 Å². The minimum atomic E-state index is -4.21. The third-order valence-corrected chi connectivity index (χ3v) is 3.99. The van der Waals surface area contributed by atoms with Crippen LogP contribution in [-0.4, -0.2) is 36.6 Å². The van der Waals surface area contributed by atoms with Crippen LogP contribution in [0, 0.1) is 0 Å². The first kappa shape index (κ1) is 14.7. The Morgan fingerprint density at radius 3 is 2.53 bits per heavy atom. The van der Waals surface area contributed by atoms with Crippen LogP contribution in [0.25, 0.3) is 0 Å². The number of hydrogen-bond donors (Lipinski definition) is 1. The largest absolute Gasteiger partial charge is 0.446 e. The minimum absolute atomic E-state index is 0.0700. The van der Waals surface area contributed by atoms with Crippen molar-refractivity contribution in [3.63, 3.8) is 0 Å². The molecule has 1 heterocycles. The fourth-order valence-corrected chi connectivity index (χ4v) is 2.77. The third kappa shape index (κ3) is 4.71. The van der Waals surface area contributed by atoms with Crippen molar-refractivity contribution in [2.24, 2.45) is 0 Å². The van der Waals surface area contributed by atoms with Crippen LogP contribution in [0.1, 0.15) is 12.0 Å². The van der Waals surface area contributed by atoms with E-state index in [9.17, 15) is 13.2 Å². The average Bonchev–Trinajstić information content (AvgIpc) is 2.83. The summed E-state index contributed by atoms with van der Waals surface area (Å²) in [5, 5.41) is 3.30. The Balaban J connectivity index is 1.91. The van der Waals surface area contributed by atoms with Gasteiger partial charge in [0.2, 0.25) is 0 Å². The Hall–Kier alpha value is -0.720. The summed E-state index contributed by atoms with van der Waals surface area (Å²) in [4.78, 5) is 2.48. The predicted octanol–water partition coefficient (Wildman–Crippen LogP) is 3.09. The van der Waals surface area contributed by atoms with Crippen molar-refractivity contribution in [1.82, 2.24) is 10.2 Å². The van der Waals surface area contributed by atoms with Gasteiger partial charge in [-0.3, -0.25) is 4.90 Å². The molecule has 106 valence electrons. The molecule has 1 aliphatic heterocycles. The van der Waals surface area contributed by atoms with Crippen molar-refractivity contribution in [2.75, 3.05) is 20.1 Å². The first-order valence-corrected chi connectivity index (χ1v) is 7.01. The van der Waals surface area contributed by atoms with Crippen LogP contribution >= 0.6 is 11.8 Å². The quantitative estimate of drug-likeness (QED) is 0.858. The molecule has 2 rings (SSSR count). The Morgan fingerprint density at radius 1 is 1.32 bits per heavy atom. The number of alkyl halides is 3. The van der Waals surface area contributed by atoms with E-state index in [0.717, 1.165) is 31.6 Å². The molecular weight excluding hydrogens is 273 g/mol. The summed E-state index contributed by atoms with van der Waals surface area (Å²) in [6.07, 6.45) is 1.12. The van der Waals surface area contributed by atoms with E-state index in [1.54, 1.807) is 12.1 Å². The van der Waals surface area contributed by atoms with Gasteiger partial charge in [-0.25, -0.2) is 0 Å². The van der Waals surface area contributed by atoms with Gasteiger partial charge in [-0.1, -0.05) is 12.1 Å². The molecule has 2 nitrogen and oxygen atoms in total. The number of thioether (sulfide) groups is 1. The van der Waals surface area contributed by atoms with Gasteiger partial charge in [-0.15, -0.1) is 0 Å². The van der Waals surface area contributed by atoms with Crippen LogP contribution < -0.4 is 5.32 Å². The molecule has 0 amide bonds. The summed E-state index contributed by atoms with van der Waals surface area (Å²) in [7, 11) is 2.05. The van der Waals surface area contributed by atoms with Crippen molar-refractivity contribution < 1.29 is 13.2 Å². The molecule has 1 saturated heterocycles. The van der Waals surface area contributed by atoms with E-state index in [2.05, 4.69) is 17.3 Å². The summed E-state index contributed by atoms with van der Waals surface area (Å²) >= 11 is -0.0700. The molecule has 0 spiro atoms. The van der Waals surface area contributed by atoms with E-state index in [0.29, 0.717) is 6.04 Å². The molecule has 1 fully saturated rings. The van der Waals surface area contributed by atoms with Crippen LogP contribution in [0.3, 0.4) is 0 Å². The monoisotopic (exact) mass is 290 g/mol. The van der Waals surface area contributed by atoms with E-state index in [1.807, 2.05) is 0 Å². The number of benzene rings is 1. The summed E-state index contributed by atoms with van der Waals surface area (Å²) in [6.45, 7) is 2.79. The van der Waals surface area contributed by atoms with Crippen molar-refractivity contribution >= 4 is 11.8 Å². The Bertz CT molecular complexity index is 399. The highest BCUT2D eigenvalue weighted by Crippen LogP contribution is 2.36. The molecule has 1 aromatic carbocycles. The molecule has 6 heteroatoms. The lowest BCUT2D eigenvalue weighted by Crippen LogP contribution is -2.32. The van der Waals surface area contributed by atoms with Gasteiger partial charge in [0, 0.05) is 24.0 Å². The van der Waals surface area contributed by atoms with Gasteiger partial charge >= 0.3 is 5.51 Å². The second kappa shape index (κ2) is 6.15. The fourth-order valence-electron chi connectivity index (χ4n) is 2.23. The number of rotatable bonds is 4. The van der Waals surface area contributed by atoms with E-state index < -0.39 is 5.51 Å². The topological polar surface area (TPSA) is 15.3 Å². The zero-order valence-corrected chi connectivity index (χ0v) is 11.5. The fraction of sp³-hybridized carbons (Fsp3) is 0.538. The number of hydrogen-bond acceptors (Lipinski definition) is 3. The molecule has 0 bridgehead atoms. The highest BCUT2D eigenvalue weighted by molar-refractivity contribution is 8.00. The molecule has 1 N–H and O–H groups in total. The van der Waals surface area contributed by atoms with Gasteiger partial charge in [-0.2, -0.15) is 13.2 Å². The lowest BCUT2D eigenvalue weighted by molar-refractivity contribution is -0.0328. The first-order chi connectivity index (χ1) is 8.94. The Labute approximate surface area is 115 Å². The van der Waals surface area contributed by atoms with Gasteiger partial charge in [0.05, 0.1) is 0 Å². The second-order valence-corrected chi connectivity index (χ2v) is 5.89. The van der Waals surface area contributed by atoms with Crippen molar-refractivity contribution in [3.8, 4) is 0 Å². The van der Waals surface area contributed by atoms with Crippen LogP contribution in [-0.2, 0) is 6.54 Å². The molecule has 0 aliphatic carbocycles. The molecular formula is C13H17F3N2S. The van der Waals surface area contributed by atoms with Crippen molar-refractivity contribution in [3.05, 3.63) is 29.8 Å². The number of likely N-dealkylation sites (N-methyl/N-ethyl adjacent to an activating group) is 1. The lowest BCUT2D eigenvalue weighted by Gasteiger charge is -2.23. The average molecular weight is 290 g/mol. The Morgan fingerprint density at radius 2 is 2.00 bits per heavy atom. The Kier molecular flexibility index (Phi) is 4.76. The maximum absolute atomic E-state index is 12.2. The van der Waals surface area contributed by atoms with Crippen molar-refractivity contribution in [2.45, 2.75) is 29.4 Å². The highest BCUT2D eigenvalue weighted by atomic mass is 32.2. The van der Waals surface area contributed by atoms with E-state index in [-0.39, 0.29) is 16.7 Å². The SMILES string of the molecule is CN(Cc1ccc(SC(F)(F)F)cc1)C1CCNC1. The van der Waals surface area contributed by atoms with Crippen molar-refractivity contribution in [1.29, 1.82) is 0 Å². The second-order valence-electron chi connectivity index (χ2n) is 4.75. The summed E-state index contributed by atoms with van der Waals surface area (Å²) in [6, 6.07) is 7.13. The molecule has 1 atom stereocenters. The third-order valence-electron chi connectivity index (χ3n) is 3.25. The van der Waals surface area contributed by atoms with Gasteiger partial charge in [0.15, 0.2) is 0 Å². The van der Waals surface area contributed by atoms with E-state index in [4.69, 9.17) is 0 Å². The maximum Gasteiger partial charge on any atom is 0.446 e. The summed E-state index contributed by atoms with van der Waals surface area (Å²) in [5.41, 5.74) is -3.17.